The zero-order chi connectivity index (χ0) is 11.2. The number of nitrogens with one attached hydrogen (secondary N) is 3. The van der Waals surface area contributed by atoms with Crippen molar-refractivity contribution in [3.05, 3.63) is 0 Å². The molecule has 0 saturated carbocycles. The van der Waals surface area contributed by atoms with E-state index in [9.17, 15) is 0 Å². The zero-order valence-electron chi connectivity index (χ0n) is 9.78. The van der Waals surface area contributed by atoms with Crippen molar-refractivity contribution in [2.45, 2.75) is 40.2 Å². The molecule has 14 heavy (non-hydrogen) atoms. The maximum absolute atomic E-state index is 6.96. The predicted molar refractivity (Wildman–Crippen MR) is 61.5 cm³/mol. The van der Waals surface area contributed by atoms with Crippen LogP contribution in [-0.2, 0) is 0 Å². The van der Waals surface area contributed by atoms with Crippen molar-refractivity contribution < 1.29 is 0 Å². The molecule has 0 bridgehead atoms. The Kier molecular flexibility index (Phi) is 5.53. The lowest BCUT2D eigenvalue weighted by Gasteiger charge is -2.28. The number of rotatable bonds is 5. The van der Waals surface area contributed by atoms with Crippen LogP contribution in [0.3, 0.4) is 0 Å². The standard InChI is InChI=1S/C10H24N4/c1-8(10(2,3)4)13-6-5-7-14-9(11)12/h8,13H,5-7H2,1-4H3,(H4,11,12,14)/t8-/m1/s1. The van der Waals surface area contributed by atoms with E-state index in [1.54, 1.807) is 0 Å². The lowest BCUT2D eigenvalue weighted by Crippen LogP contribution is -2.39. The lowest BCUT2D eigenvalue weighted by atomic mass is 9.88. The lowest BCUT2D eigenvalue weighted by molar-refractivity contribution is 0.286. The van der Waals surface area contributed by atoms with Crippen molar-refractivity contribution >= 4 is 5.96 Å². The van der Waals surface area contributed by atoms with Crippen molar-refractivity contribution in [3.63, 3.8) is 0 Å². The molecule has 0 aromatic rings. The van der Waals surface area contributed by atoms with Gasteiger partial charge in [-0.05, 0) is 25.3 Å². The largest absolute Gasteiger partial charge is 0.370 e. The SMILES string of the molecule is C[C@@H](NCCCNC(=N)N)C(C)(C)C. The fraction of sp³-hybridized carbons (Fsp3) is 0.900. The summed E-state index contributed by atoms with van der Waals surface area (Å²) in [5.74, 6) is 0.0499. The molecular weight excluding hydrogens is 176 g/mol. The first-order chi connectivity index (χ1) is 6.34. The Bertz CT molecular complexity index is 171. The minimum Gasteiger partial charge on any atom is -0.370 e. The van der Waals surface area contributed by atoms with Crippen LogP contribution in [0, 0.1) is 10.8 Å². The average molecular weight is 200 g/mol. The van der Waals surface area contributed by atoms with Gasteiger partial charge in [-0.15, -0.1) is 0 Å². The summed E-state index contributed by atoms with van der Waals surface area (Å²) in [6, 6.07) is 0.500. The van der Waals surface area contributed by atoms with Crippen LogP contribution in [0.1, 0.15) is 34.1 Å². The Balaban J connectivity index is 3.41. The molecule has 0 aliphatic heterocycles. The fourth-order valence-corrected chi connectivity index (χ4v) is 0.936. The maximum Gasteiger partial charge on any atom is 0.185 e. The van der Waals surface area contributed by atoms with Gasteiger partial charge in [0.25, 0.3) is 0 Å². The third-order valence-electron chi connectivity index (χ3n) is 2.42. The molecule has 0 spiro atoms. The minimum absolute atomic E-state index is 0.0499. The molecule has 1 atom stereocenters. The van der Waals surface area contributed by atoms with Crippen molar-refractivity contribution in [1.29, 1.82) is 5.41 Å². The molecule has 0 rings (SSSR count). The molecule has 0 aliphatic rings. The Morgan fingerprint density at radius 3 is 2.36 bits per heavy atom. The highest BCUT2D eigenvalue weighted by atomic mass is 15.0. The minimum atomic E-state index is 0.0499. The molecule has 0 saturated heterocycles. The topological polar surface area (TPSA) is 73.9 Å². The molecule has 4 nitrogen and oxygen atoms in total. The number of hydrogen-bond acceptors (Lipinski definition) is 2. The van der Waals surface area contributed by atoms with E-state index in [1.807, 2.05) is 0 Å². The molecular formula is C10H24N4. The normalized spacial score (nSPS) is 13.7. The Labute approximate surface area is 87.1 Å². The summed E-state index contributed by atoms with van der Waals surface area (Å²) in [4.78, 5) is 0. The smallest absolute Gasteiger partial charge is 0.185 e. The van der Waals surface area contributed by atoms with E-state index in [-0.39, 0.29) is 5.96 Å². The molecule has 84 valence electrons. The van der Waals surface area contributed by atoms with Gasteiger partial charge < -0.3 is 16.4 Å². The molecule has 0 radical (unpaired) electrons. The summed E-state index contributed by atoms with van der Waals surface area (Å²) in [6.07, 6.45) is 0.986. The maximum atomic E-state index is 6.96. The molecule has 0 unspecified atom stereocenters. The first-order valence-electron chi connectivity index (χ1n) is 5.15. The first kappa shape index (κ1) is 13.2. The van der Waals surface area contributed by atoms with Gasteiger partial charge in [0.15, 0.2) is 5.96 Å². The average Bonchev–Trinajstić information content (AvgIpc) is 2.01. The summed E-state index contributed by atoms with van der Waals surface area (Å²) >= 11 is 0. The first-order valence-corrected chi connectivity index (χ1v) is 5.15. The molecule has 4 heteroatoms. The monoisotopic (exact) mass is 200 g/mol. The van der Waals surface area contributed by atoms with Crippen LogP contribution in [-0.4, -0.2) is 25.1 Å². The highest BCUT2D eigenvalue weighted by Gasteiger charge is 2.18. The van der Waals surface area contributed by atoms with Crippen LogP contribution in [0.4, 0.5) is 0 Å². The van der Waals surface area contributed by atoms with Crippen LogP contribution >= 0.6 is 0 Å². The third-order valence-corrected chi connectivity index (χ3v) is 2.42. The van der Waals surface area contributed by atoms with Crippen molar-refractivity contribution in [1.82, 2.24) is 10.6 Å². The summed E-state index contributed by atoms with van der Waals surface area (Å²) in [6.45, 7) is 10.6. The number of hydrogen-bond donors (Lipinski definition) is 4. The van der Waals surface area contributed by atoms with Gasteiger partial charge in [-0.3, -0.25) is 5.41 Å². The van der Waals surface area contributed by atoms with Crippen LogP contribution in [0.2, 0.25) is 0 Å². The molecule has 0 aromatic heterocycles. The van der Waals surface area contributed by atoms with E-state index in [1.165, 1.54) is 0 Å². The van der Waals surface area contributed by atoms with Crippen molar-refractivity contribution in [2.24, 2.45) is 11.1 Å². The van der Waals surface area contributed by atoms with Gasteiger partial charge >= 0.3 is 0 Å². The third kappa shape index (κ3) is 6.71. The highest BCUT2D eigenvalue weighted by molar-refractivity contribution is 5.74. The van der Waals surface area contributed by atoms with E-state index in [2.05, 4.69) is 38.3 Å². The van der Waals surface area contributed by atoms with E-state index in [4.69, 9.17) is 11.1 Å². The van der Waals surface area contributed by atoms with E-state index < -0.39 is 0 Å². The second-order valence-electron chi connectivity index (χ2n) is 4.74. The Hall–Kier alpha value is -0.770. The second-order valence-corrected chi connectivity index (χ2v) is 4.74. The van der Waals surface area contributed by atoms with Crippen molar-refractivity contribution in [2.75, 3.05) is 13.1 Å². The molecule has 0 fully saturated rings. The molecule has 0 heterocycles. The fourth-order valence-electron chi connectivity index (χ4n) is 0.936. The van der Waals surface area contributed by atoms with Crippen LogP contribution in [0.15, 0.2) is 0 Å². The van der Waals surface area contributed by atoms with Gasteiger partial charge in [0.05, 0.1) is 0 Å². The summed E-state index contributed by atoms with van der Waals surface area (Å²) in [5, 5.41) is 13.2. The zero-order valence-corrected chi connectivity index (χ0v) is 9.78. The number of nitrogens with two attached hydrogens (primary N) is 1. The second kappa shape index (κ2) is 5.86. The molecule has 5 N–H and O–H groups in total. The predicted octanol–water partition coefficient (Wildman–Crippen LogP) is 0.884. The number of guanidine groups is 1. The molecule has 0 aliphatic carbocycles. The van der Waals surface area contributed by atoms with Gasteiger partial charge in [0, 0.05) is 12.6 Å². The van der Waals surface area contributed by atoms with Gasteiger partial charge in [-0.1, -0.05) is 20.8 Å². The Morgan fingerprint density at radius 1 is 1.36 bits per heavy atom. The summed E-state index contributed by atoms with van der Waals surface area (Å²) in [5.41, 5.74) is 5.46. The van der Waals surface area contributed by atoms with E-state index in [0.717, 1.165) is 19.5 Å². The van der Waals surface area contributed by atoms with Crippen LogP contribution in [0.5, 0.6) is 0 Å². The molecule has 0 amide bonds. The van der Waals surface area contributed by atoms with Crippen molar-refractivity contribution in [3.8, 4) is 0 Å². The van der Waals surface area contributed by atoms with E-state index >= 15 is 0 Å². The quantitative estimate of drug-likeness (QED) is 0.302. The van der Waals surface area contributed by atoms with Gasteiger partial charge in [-0.2, -0.15) is 0 Å². The van der Waals surface area contributed by atoms with Gasteiger partial charge in [0.1, 0.15) is 0 Å². The van der Waals surface area contributed by atoms with Gasteiger partial charge in [-0.25, -0.2) is 0 Å². The summed E-state index contributed by atoms with van der Waals surface area (Å²) in [7, 11) is 0. The highest BCUT2D eigenvalue weighted by Crippen LogP contribution is 2.18. The van der Waals surface area contributed by atoms with Crippen LogP contribution in [0.25, 0.3) is 0 Å². The Morgan fingerprint density at radius 2 is 1.93 bits per heavy atom. The van der Waals surface area contributed by atoms with Gasteiger partial charge in [0.2, 0.25) is 0 Å². The van der Waals surface area contributed by atoms with Crippen LogP contribution < -0.4 is 16.4 Å². The summed E-state index contributed by atoms with van der Waals surface area (Å²) < 4.78 is 0. The van der Waals surface area contributed by atoms with E-state index in [0.29, 0.717) is 11.5 Å². The molecule has 0 aromatic carbocycles.